The molecule has 24 heavy (non-hydrogen) atoms. The zero-order valence-electron chi connectivity index (χ0n) is 13.8. The molecule has 120 valence electrons. The minimum Gasteiger partial charge on any atom is -0.289 e. The summed E-state index contributed by atoms with van der Waals surface area (Å²) in [4.78, 5) is 16.4. The molecule has 0 saturated carbocycles. The maximum absolute atomic E-state index is 4.70. The maximum atomic E-state index is 4.70. The van der Waals surface area contributed by atoms with Gasteiger partial charge in [0, 0.05) is 48.4 Å². The molecule has 3 aromatic rings. The molecule has 0 spiro atoms. The summed E-state index contributed by atoms with van der Waals surface area (Å²) in [6.07, 6.45) is 7.45. The van der Waals surface area contributed by atoms with Crippen molar-refractivity contribution < 1.29 is 0 Å². The van der Waals surface area contributed by atoms with E-state index in [1.54, 1.807) is 0 Å². The number of hydrogen-bond donors (Lipinski definition) is 0. The fourth-order valence-corrected chi connectivity index (χ4v) is 4.41. The number of hydrogen-bond acceptors (Lipinski definition) is 4. The van der Waals surface area contributed by atoms with E-state index in [9.17, 15) is 0 Å². The van der Waals surface area contributed by atoms with Gasteiger partial charge in [0.1, 0.15) is 5.82 Å². The fourth-order valence-electron chi connectivity index (χ4n) is 4.41. The summed E-state index contributed by atoms with van der Waals surface area (Å²) in [6, 6.07) is 11.7. The molecule has 2 aromatic heterocycles. The number of benzene rings is 1. The van der Waals surface area contributed by atoms with Crippen LogP contribution in [0.2, 0.25) is 0 Å². The van der Waals surface area contributed by atoms with Crippen molar-refractivity contribution in [2.75, 3.05) is 0 Å². The second-order valence-corrected chi connectivity index (χ2v) is 6.93. The molecular formula is C20H20N4. The highest BCUT2D eigenvalue weighted by Crippen LogP contribution is 2.43. The zero-order chi connectivity index (χ0) is 16.1. The van der Waals surface area contributed by atoms with Crippen molar-refractivity contribution >= 4 is 10.9 Å². The minimum atomic E-state index is 0.457. The molecule has 5 rings (SSSR count). The monoisotopic (exact) mass is 316 g/mol. The van der Waals surface area contributed by atoms with Crippen LogP contribution in [0.1, 0.15) is 41.5 Å². The predicted octanol–water partition coefficient (Wildman–Crippen LogP) is 3.60. The maximum Gasteiger partial charge on any atom is 0.125 e. The molecule has 2 aliphatic heterocycles. The van der Waals surface area contributed by atoms with Gasteiger partial charge in [0.25, 0.3) is 0 Å². The van der Waals surface area contributed by atoms with Crippen molar-refractivity contribution in [2.24, 2.45) is 0 Å². The lowest BCUT2D eigenvalue weighted by atomic mass is 9.98. The minimum absolute atomic E-state index is 0.457. The van der Waals surface area contributed by atoms with Crippen LogP contribution < -0.4 is 0 Å². The molecule has 2 atom stereocenters. The number of para-hydroxylation sites is 1. The van der Waals surface area contributed by atoms with Gasteiger partial charge in [0.15, 0.2) is 0 Å². The van der Waals surface area contributed by atoms with E-state index in [0.29, 0.717) is 12.1 Å². The summed E-state index contributed by atoms with van der Waals surface area (Å²) < 4.78 is 0. The van der Waals surface area contributed by atoms with E-state index in [-0.39, 0.29) is 0 Å². The molecule has 0 N–H and O–H groups in total. The standard InChI is InChI=1S/C20H20N4/c1-13-22-11-17-18(23-13)10-16-7-8-19(17)24(16)12-15-5-2-4-14-6-3-9-21-20(14)15/h2-6,9,11,16,19H,7-8,10,12H2,1H3/t16-,19-/m1/s1. The molecule has 1 saturated heterocycles. The van der Waals surface area contributed by atoms with Crippen molar-refractivity contribution in [2.45, 2.75) is 44.8 Å². The first-order chi connectivity index (χ1) is 11.8. The number of nitrogens with zero attached hydrogens (tertiary/aromatic N) is 4. The lowest BCUT2D eigenvalue weighted by Crippen LogP contribution is -2.37. The van der Waals surface area contributed by atoms with Gasteiger partial charge in [-0.2, -0.15) is 0 Å². The quantitative estimate of drug-likeness (QED) is 0.724. The predicted molar refractivity (Wildman–Crippen MR) is 93.5 cm³/mol. The topological polar surface area (TPSA) is 41.9 Å². The van der Waals surface area contributed by atoms with Gasteiger partial charge in [-0.3, -0.25) is 9.88 Å². The zero-order valence-corrected chi connectivity index (χ0v) is 13.8. The van der Waals surface area contributed by atoms with Crippen molar-refractivity contribution in [3.05, 3.63) is 65.4 Å². The van der Waals surface area contributed by atoms with Crippen LogP contribution in [0.5, 0.6) is 0 Å². The first-order valence-electron chi connectivity index (χ1n) is 8.70. The highest BCUT2D eigenvalue weighted by molar-refractivity contribution is 5.81. The largest absolute Gasteiger partial charge is 0.289 e. The Morgan fingerprint density at radius 2 is 2.04 bits per heavy atom. The van der Waals surface area contributed by atoms with Gasteiger partial charge in [0.2, 0.25) is 0 Å². The molecule has 2 bridgehead atoms. The van der Waals surface area contributed by atoms with Crippen LogP contribution >= 0.6 is 0 Å². The Kier molecular flexibility index (Phi) is 3.13. The Balaban J connectivity index is 1.53. The average Bonchev–Trinajstić information content (AvgIpc) is 2.88. The lowest BCUT2D eigenvalue weighted by molar-refractivity contribution is 0.166. The van der Waals surface area contributed by atoms with Gasteiger partial charge in [-0.05, 0) is 31.4 Å². The van der Waals surface area contributed by atoms with Crippen LogP contribution in [0, 0.1) is 6.92 Å². The Hall–Kier alpha value is -2.33. The molecule has 0 radical (unpaired) electrons. The van der Waals surface area contributed by atoms with Crippen molar-refractivity contribution in [1.29, 1.82) is 0 Å². The molecule has 1 fully saturated rings. The highest BCUT2D eigenvalue weighted by atomic mass is 15.2. The summed E-state index contributed by atoms with van der Waals surface area (Å²) in [6.45, 7) is 2.94. The number of fused-ring (bicyclic) bond motifs is 5. The Morgan fingerprint density at radius 3 is 3.00 bits per heavy atom. The van der Waals surface area contributed by atoms with Crippen LogP contribution in [-0.2, 0) is 13.0 Å². The first-order valence-corrected chi connectivity index (χ1v) is 8.70. The van der Waals surface area contributed by atoms with Crippen LogP contribution in [0.25, 0.3) is 10.9 Å². The Bertz CT molecular complexity index is 915. The van der Waals surface area contributed by atoms with Crippen LogP contribution in [0.15, 0.2) is 42.7 Å². The molecule has 4 nitrogen and oxygen atoms in total. The molecule has 1 aromatic carbocycles. The van der Waals surface area contributed by atoms with Gasteiger partial charge in [-0.1, -0.05) is 24.3 Å². The highest BCUT2D eigenvalue weighted by Gasteiger charge is 2.40. The number of aryl methyl sites for hydroxylation is 1. The Morgan fingerprint density at radius 1 is 1.12 bits per heavy atom. The SMILES string of the molecule is Cc1ncc2c(n1)C[C@H]1CC[C@H]2N1Cc1cccc2cccnc12. The Labute approximate surface area is 141 Å². The van der Waals surface area contributed by atoms with Gasteiger partial charge < -0.3 is 0 Å². The average molecular weight is 316 g/mol. The van der Waals surface area contributed by atoms with E-state index in [2.05, 4.69) is 45.3 Å². The molecule has 0 unspecified atom stereocenters. The molecule has 2 aliphatic rings. The first kappa shape index (κ1) is 14.1. The second kappa shape index (κ2) is 5.35. The second-order valence-electron chi connectivity index (χ2n) is 6.93. The number of pyridine rings is 1. The molecule has 0 amide bonds. The van der Waals surface area contributed by atoms with Crippen LogP contribution in [0.4, 0.5) is 0 Å². The van der Waals surface area contributed by atoms with Crippen molar-refractivity contribution in [3.63, 3.8) is 0 Å². The molecule has 0 aliphatic carbocycles. The third kappa shape index (κ3) is 2.13. The summed E-state index contributed by atoms with van der Waals surface area (Å²) in [5.74, 6) is 0.889. The van der Waals surface area contributed by atoms with Gasteiger partial charge in [-0.15, -0.1) is 0 Å². The number of rotatable bonds is 2. The van der Waals surface area contributed by atoms with Gasteiger partial charge in [-0.25, -0.2) is 9.97 Å². The van der Waals surface area contributed by atoms with E-state index in [0.717, 1.165) is 24.3 Å². The van der Waals surface area contributed by atoms with Crippen molar-refractivity contribution in [1.82, 2.24) is 19.9 Å². The van der Waals surface area contributed by atoms with Crippen LogP contribution in [0.3, 0.4) is 0 Å². The number of aromatic nitrogens is 3. The van der Waals surface area contributed by atoms with E-state index in [1.807, 2.05) is 19.2 Å². The third-order valence-corrected chi connectivity index (χ3v) is 5.52. The van der Waals surface area contributed by atoms with E-state index in [4.69, 9.17) is 4.98 Å². The van der Waals surface area contributed by atoms with Crippen molar-refractivity contribution in [3.8, 4) is 0 Å². The van der Waals surface area contributed by atoms with Crippen LogP contribution in [-0.4, -0.2) is 25.9 Å². The normalized spacial score (nSPS) is 22.7. The third-order valence-electron chi connectivity index (χ3n) is 5.52. The summed E-state index contributed by atoms with van der Waals surface area (Å²) in [5, 5.41) is 1.22. The summed E-state index contributed by atoms with van der Waals surface area (Å²) >= 11 is 0. The van der Waals surface area contributed by atoms with E-state index < -0.39 is 0 Å². The molecule has 4 heterocycles. The lowest BCUT2D eigenvalue weighted by Gasteiger charge is -2.35. The molecular weight excluding hydrogens is 296 g/mol. The summed E-state index contributed by atoms with van der Waals surface area (Å²) in [5.41, 5.74) is 5.05. The fraction of sp³-hybridized carbons (Fsp3) is 0.350. The van der Waals surface area contributed by atoms with E-state index in [1.165, 1.54) is 35.0 Å². The smallest absolute Gasteiger partial charge is 0.125 e. The van der Waals surface area contributed by atoms with Gasteiger partial charge in [0.05, 0.1) is 11.2 Å². The summed E-state index contributed by atoms with van der Waals surface area (Å²) in [7, 11) is 0. The van der Waals surface area contributed by atoms with Gasteiger partial charge >= 0.3 is 0 Å². The molecule has 4 heteroatoms. The van der Waals surface area contributed by atoms with E-state index >= 15 is 0 Å².